The van der Waals surface area contributed by atoms with E-state index >= 15 is 0 Å². The number of anilines is 1. The maximum absolute atomic E-state index is 12.4. The first-order valence-electron chi connectivity index (χ1n) is 10.6. The first-order valence-corrected chi connectivity index (χ1v) is 10.6. The van der Waals surface area contributed by atoms with Crippen molar-refractivity contribution in [2.45, 2.75) is 25.9 Å². The predicted octanol–water partition coefficient (Wildman–Crippen LogP) is 3.32. The minimum Gasteiger partial charge on any atom is -0.461 e. The lowest BCUT2D eigenvalue weighted by Gasteiger charge is -2.14. The highest BCUT2D eigenvalue weighted by Crippen LogP contribution is 2.35. The van der Waals surface area contributed by atoms with Crippen molar-refractivity contribution in [1.29, 1.82) is 0 Å². The van der Waals surface area contributed by atoms with Gasteiger partial charge in [-0.1, -0.05) is 42.5 Å². The molecular formula is C25H24N2O5. The molecule has 2 aromatic carbocycles. The highest BCUT2D eigenvalue weighted by Gasteiger charge is 2.46. The molecule has 2 aliphatic rings. The standard InChI is InChI=1S/C25H24N2O5/c28-22(14-15-27-24(30)20-8-4-5-9-21(20)25(27)31)32-16-17-10-12-18(13-11-17)23(29)26-19-6-2-1-3-7-19/h1-7,10-13,20-21H,8-9,14-16H2,(H,26,29)/t20-,21-/m1/s1. The average molecular weight is 432 g/mol. The van der Waals surface area contributed by atoms with Crippen LogP contribution in [0.5, 0.6) is 0 Å². The number of hydrogen-bond acceptors (Lipinski definition) is 5. The number of ether oxygens (including phenoxy) is 1. The van der Waals surface area contributed by atoms with Gasteiger partial charge in [0.05, 0.1) is 18.3 Å². The molecule has 4 rings (SSSR count). The lowest BCUT2D eigenvalue weighted by Crippen LogP contribution is -2.33. The third-order valence-electron chi connectivity index (χ3n) is 5.79. The van der Waals surface area contributed by atoms with Gasteiger partial charge in [0.1, 0.15) is 6.61 Å². The van der Waals surface area contributed by atoms with E-state index < -0.39 is 5.97 Å². The Morgan fingerprint density at radius 1 is 0.906 bits per heavy atom. The fourth-order valence-corrected chi connectivity index (χ4v) is 4.01. The van der Waals surface area contributed by atoms with E-state index in [9.17, 15) is 19.2 Å². The number of carbonyl (C=O) groups is 4. The number of amides is 3. The van der Waals surface area contributed by atoms with Crippen LogP contribution in [0, 0.1) is 11.8 Å². The zero-order chi connectivity index (χ0) is 22.5. The molecule has 1 heterocycles. The van der Waals surface area contributed by atoms with Crippen LogP contribution >= 0.6 is 0 Å². The van der Waals surface area contributed by atoms with Gasteiger partial charge < -0.3 is 10.1 Å². The normalized spacial score (nSPS) is 19.6. The minimum absolute atomic E-state index is 0.0398. The Balaban J connectivity index is 1.23. The summed E-state index contributed by atoms with van der Waals surface area (Å²) in [7, 11) is 0. The largest absolute Gasteiger partial charge is 0.461 e. The molecule has 1 N–H and O–H groups in total. The number of para-hydroxylation sites is 1. The number of nitrogens with zero attached hydrogens (tertiary/aromatic N) is 1. The van der Waals surface area contributed by atoms with Crippen LogP contribution in [-0.4, -0.2) is 35.1 Å². The van der Waals surface area contributed by atoms with Crippen LogP contribution in [-0.2, 0) is 25.7 Å². The van der Waals surface area contributed by atoms with Crippen LogP contribution in [0.1, 0.15) is 35.2 Å². The summed E-state index contributed by atoms with van der Waals surface area (Å²) in [6, 6.07) is 15.9. The van der Waals surface area contributed by atoms with Gasteiger partial charge in [-0.15, -0.1) is 0 Å². The average Bonchev–Trinajstić information content (AvgIpc) is 3.07. The molecule has 0 radical (unpaired) electrons. The van der Waals surface area contributed by atoms with Crippen molar-refractivity contribution in [1.82, 2.24) is 4.90 Å². The quantitative estimate of drug-likeness (QED) is 0.412. The van der Waals surface area contributed by atoms with E-state index in [0.717, 1.165) is 5.56 Å². The first kappa shape index (κ1) is 21.5. The Labute approximate surface area is 186 Å². The summed E-state index contributed by atoms with van der Waals surface area (Å²) >= 11 is 0. The molecule has 1 aliphatic carbocycles. The van der Waals surface area contributed by atoms with Crippen molar-refractivity contribution in [3.63, 3.8) is 0 Å². The zero-order valence-electron chi connectivity index (χ0n) is 17.5. The van der Waals surface area contributed by atoms with E-state index in [-0.39, 0.29) is 49.1 Å². The van der Waals surface area contributed by atoms with Crippen molar-refractivity contribution in [2.75, 3.05) is 11.9 Å². The SMILES string of the molecule is O=C(CCN1C(=O)[C@@H]2CC=CC[C@H]2C1=O)OCc1ccc(C(=O)Nc2ccccc2)cc1. The second kappa shape index (κ2) is 9.60. The molecule has 0 spiro atoms. The van der Waals surface area contributed by atoms with Crippen LogP contribution < -0.4 is 5.32 Å². The molecule has 1 saturated heterocycles. The van der Waals surface area contributed by atoms with Crippen LogP contribution in [0.3, 0.4) is 0 Å². The second-order valence-corrected chi connectivity index (χ2v) is 7.91. The van der Waals surface area contributed by atoms with Crippen LogP contribution in [0.25, 0.3) is 0 Å². The van der Waals surface area contributed by atoms with E-state index in [1.54, 1.807) is 36.4 Å². The Bertz CT molecular complexity index is 1020. The Kier molecular flexibility index (Phi) is 6.44. The highest BCUT2D eigenvalue weighted by molar-refractivity contribution is 6.05. The summed E-state index contributed by atoms with van der Waals surface area (Å²) in [6.45, 7) is 0.0958. The van der Waals surface area contributed by atoms with Gasteiger partial charge in [-0.25, -0.2) is 0 Å². The topological polar surface area (TPSA) is 92.8 Å². The number of carbonyl (C=O) groups excluding carboxylic acids is 4. The number of imide groups is 1. The molecule has 1 fully saturated rings. The summed E-state index contributed by atoms with van der Waals surface area (Å²) in [5, 5.41) is 2.81. The minimum atomic E-state index is -0.482. The van der Waals surface area contributed by atoms with Crippen molar-refractivity contribution in [3.05, 3.63) is 77.9 Å². The van der Waals surface area contributed by atoms with Crippen LogP contribution in [0.15, 0.2) is 66.7 Å². The third-order valence-corrected chi connectivity index (χ3v) is 5.79. The number of esters is 1. The predicted molar refractivity (Wildman–Crippen MR) is 117 cm³/mol. The first-order chi connectivity index (χ1) is 15.5. The summed E-state index contributed by atoms with van der Waals surface area (Å²) in [5.74, 6) is -1.68. The van der Waals surface area contributed by atoms with Gasteiger partial charge in [0.15, 0.2) is 0 Å². The van der Waals surface area contributed by atoms with Gasteiger partial charge >= 0.3 is 5.97 Å². The lowest BCUT2D eigenvalue weighted by molar-refractivity contribution is -0.146. The molecule has 7 heteroatoms. The molecule has 0 unspecified atom stereocenters. The molecular weight excluding hydrogens is 408 g/mol. The lowest BCUT2D eigenvalue weighted by atomic mass is 9.85. The monoisotopic (exact) mass is 432 g/mol. The summed E-state index contributed by atoms with van der Waals surface area (Å²) in [5.41, 5.74) is 1.94. The number of rotatable bonds is 7. The zero-order valence-corrected chi connectivity index (χ0v) is 17.5. The van der Waals surface area contributed by atoms with Gasteiger partial charge in [-0.3, -0.25) is 24.1 Å². The van der Waals surface area contributed by atoms with E-state index in [1.165, 1.54) is 4.90 Å². The fourth-order valence-electron chi connectivity index (χ4n) is 4.01. The molecule has 2 aromatic rings. The molecule has 1 aliphatic heterocycles. The van der Waals surface area contributed by atoms with Crippen molar-refractivity contribution < 1.29 is 23.9 Å². The number of likely N-dealkylation sites (tertiary alicyclic amines) is 1. The number of nitrogens with one attached hydrogen (secondary N) is 1. The molecule has 2 atom stereocenters. The van der Waals surface area contributed by atoms with Gasteiger partial charge in [-0.2, -0.15) is 0 Å². The number of fused-ring (bicyclic) bond motifs is 1. The van der Waals surface area contributed by atoms with E-state index in [0.29, 0.717) is 24.1 Å². The van der Waals surface area contributed by atoms with E-state index in [4.69, 9.17) is 4.74 Å². The van der Waals surface area contributed by atoms with Crippen LogP contribution in [0.2, 0.25) is 0 Å². The van der Waals surface area contributed by atoms with Gasteiger partial charge in [0, 0.05) is 17.8 Å². The fraction of sp³-hybridized carbons (Fsp3) is 0.280. The molecule has 7 nitrogen and oxygen atoms in total. The molecule has 0 aromatic heterocycles. The van der Waals surface area contributed by atoms with Crippen molar-refractivity contribution in [2.24, 2.45) is 11.8 Å². The van der Waals surface area contributed by atoms with Gasteiger partial charge in [0.2, 0.25) is 11.8 Å². The maximum atomic E-state index is 12.4. The number of benzene rings is 2. The third kappa shape index (κ3) is 4.77. The number of hydrogen-bond donors (Lipinski definition) is 1. The highest BCUT2D eigenvalue weighted by atomic mass is 16.5. The summed E-state index contributed by atoms with van der Waals surface area (Å²) in [6.07, 6.45) is 4.98. The van der Waals surface area contributed by atoms with Crippen molar-refractivity contribution in [3.8, 4) is 0 Å². The summed E-state index contributed by atoms with van der Waals surface area (Å²) < 4.78 is 5.27. The van der Waals surface area contributed by atoms with Gasteiger partial charge in [0.25, 0.3) is 5.91 Å². The van der Waals surface area contributed by atoms with E-state index in [2.05, 4.69) is 5.32 Å². The Morgan fingerprint density at radius 2 is 1.53 bits per heavy atom. The molecule has 32 heavy (non-hydrogen) atoms. The maximum Gasteiger partial charge on any atom is 0.307 e. The number of allylic oxidation sites excluding steroid dienone is 2. The van der Waals surface area contributed by atoms with Gasteiger partial charge in [-0.05, 0) is 42.7 Å². The molecule has 0 saturated carbocycles. The molecule has 164 valence electrons. The smallest absolute Gasteiger partial charge is 0.307 e. The second-order valence-electron chi connectivity index (χ2n) is 7.91. The van der Waals surface area contributed by atoms with E-state index in [1.807, 2.05) is 30.4 Å². The van der Waals surface area contributed by atoms with Crippen LogP contribution in [0.4, 0.5) is 5.69 Å². The Morgan fingerprint density at radius 3 is 2.16 bits per heavy atom. The Hall–Kier alpha value is -3.74. The molecule has 0 bridgehead atoms. The molecule has 3 amide bonds. The summed E-state index contributed by atoms with van der Waals surface area (Å²) in [4.78, 5) is 50.5. The van der Waals surface area contributed by atoms with Crippen molar-refractivity contribution >= 4 is 29.4 Å².